The molecule has 0 atom stereocenters. The first kappa shape index (κ1) is 24.0. The summed E-state index contributed by atoms with van der Waals surface area (Å²) in [6, 6.07) is 16.9. The number of carbonyl (C=O) groups is 2. The molecule has 178 valence electrons. The number of nitrogens with one attached hydrogen (secondary N) is 1. The first-order chi connectivity index (χ1) is 16.3. The quantitative estimate of drug-likeness (QED) is 0.404. The van der Waals surface area contributed by atoms with Gasteiger partial charge in [-0.2, -0.15) is 0 Å². The van der Waals surface area contributed by atoms with E-state index >= 15 is 0 Å². The molecule has 0 spiro atoms. The molecular formula is C25H29N5O3S. The summed E-state index contributed by atoms with van der Waals surface area (Å²) in [6.07, 6.45) is 0. The number of hydrogen-bond donors (Lipinski definition) is 1. The van der Waals surface area contributed by atoms with Gasteiger partial charge in [-0.1, -0.05) is 50.7 Å². The highest BCUT2D eigenvalue weighted by Crippen LogP contribution is 2.28. The van der Waals surface area contributed by atoms with Gasteiger partial charge < -0.3 is 15.0 Å². The Morgan fingerprint density at radius 1 is 1.00 bits per heavy atom. The van der Waals surface area contributed by atoms with Gasteiger partial charge in [-0.25, -0.2) is 0 Å². The minimum absolute atomic E-state index is 0.0192. The van der Waals surface area contributed by atoms with Gasteiger partial charge >= 0.3 is 0 Å². The van der Waals surface area contributed by atoms with Gasteiger partial charge in [0, 0.05) is 29.8 Å². The molecule has 1 aliphatic rings. The van der Waals surface area contributed by atoms with Crippen LogP contribution >= 0.6 is 11.8 Å². The number of ketones is 1. The van der Waals surface area contributed by atoms with Crippen LogP contribution in [0.4, 0.5) is 11.6 Å². The van der Waals surface area contributed by atoms with E-state index in [0.29, 0.717) is 29.6 Å². The second-order valence-electron chi connectivity index (χ2n) is 9.05. The van der Waals surface area contributed by atoms with E-state index in [2.05, 4.69) is 20.4 Å². The average Bonchev–Trinajstić information content (AvgIpc) is 3.27. The SMILES string of the molecule is CC(C)(C)C(=O)Nc1ccc(C(=O)CSc2nnc(N3CCOCC3)n2-c2ccccc2)cc1. The number of ether oxygens (including phenoxy) is 1. The van der Waals surface area contributed by atoms with Crippen molar-refractivity contribution in [2.45, 2.75) is 25.9 Å². The average molecular weight is 480 g/mol. The van der Waals surface area contributed by atoms with Crippen LogP contribution in [0, 0.1) is 5.41 Å². The van der Waals surface area contributed by atoms with Crippen LogP contribution in [0.5, 0.6) is 0 Å². The lowest BCUT2D eigenvalue weighted by molar-refractivity contribution is -0.123. The number of aromatic nitrogens is 3. The smallest absolute Gasteiger partial charge is 0.232 e. The van der Waals surface area contributed by atoms with Gasteiger partial charge in [0.1, 0.15) is 0 Å². The van der Waals surface area contributed by atoms with Crippen LogP contribution in [0.2, 0.25) is 0 Å². The molecule has 3 aromatic rings. The first-order valence-electron chi connectivity index (χ1n) is 11.2. The van der Waals surface area contributed by atoms with E-state index < -0.39 is 5.41 Å². The van der Waals surface area contributed by atoms with Gasteiger partial charge in [-0.3, -0.25) is 14.2 Å². The zero-order valence-electron chi connectivity index (χ0n) is 19.7. The number of thioether (sulfide) groups is 1. The molecule has 1 fully saturated rings. The second-order valence-corrected chi connectivity index (χ2v) is 9.99. The largest absolute Gasteiger partial charge is 0.378 e. The summed E-state index contributed by atoms with van der Waals surface area (Å²) in [5.74, 6) is 0.887. The molecule has 0 unspecified atom stereocenters. The molecule has 4 rings (SSSR count). The summed E-state index contributed by atoms with van der Waals surface area (Å²) in [5, 5.41) is 12.4. The third-order valence-electron chi connectivity index (χ3n) is 5.40. The van der Waals surface area contributed by atoms with Crippen molar-refractivity contribution in [1.82, 2.24) is 14.8 Å². The summed E-state index contributed by atoms with van der Waals surface area (Å²) in [7, 11) is 0. The van der Waals surface area contributed by atoms with Gasteiger partial charge in [-0.05, 0) is 36.4 Å². The lowest BCUT2D eigenvalue weighted by atomic mass is 9.95. The molecule has 1 aromatic heterocycles. The third-order valence-corrected chi connectivity index (χ3v) is 6.33. The van der Waals surface area contributed by atoms with Crippen molar-refractivity contribution in [3.05, 3.63) is 60.2 Å². The van der Waals surface area contributed by atoms with Crippen LogP contribution in [0.25, 0.3) is 5.69 Å². The highest BCUT2D eigenvalue weighted by Gasteiger charge is 2.23. The molecule has 1 saturated heterocycles. The molecule has 9 heteroatoms. The lowest BCUT2D eigenvalue weighted by Gasteiger charge is -2.27. The number of benzene rings is 2. The van der Waals surface area contributed by atoms with Gasteiger partial charge in [-0.15, -0.1) is 10.2 Å². The maximum atomic E-state index is 12.9. The van der Waals surface area contributed by atoms with E-state index in [1.807, 2.05) is 55.7 Å². The number of Topliss-reactive ketones (excluding diaryl/α,β-unsaturated/α-hetero) is 1. The molecule has 8 nitrogen and oxygen atoms in total. The molecule has 2 aromatic carbocycles. The van der Waals surface area contributed by atoms with Gasteiger partial charge in [0.25, 0.3) is 0 Å². The number of nitrogens with zero attached hydrogens (tertiary/aromatic N) is 4. The van der Waals surface area contributed by atoms with Gasteiger partial charge in [0.05, 0.1) is 24.7 Å². The number of amides is 1. The molecule has 2 heterocycles. The van der Waals surface area contributed by atoms with E-state index in [9.17, 15) is 9.59 Å². The van der Waals surface area contributed by atoms with Crippen LogP contribution in [-0.2, 0) is 9.53 Å². The van der Waals surface area contributed by atoms with Crippen molar-refractivity contribution in [2.75, 3.05) is 42.3 Å². The van der Waals surface area contributed by atoms with Crippen molar-refractivity contribution in [3.8, 4) is 5.69 Å². The lowest BCUT2D eigenvalue weighted by Crippen LogP contribution is -2.37. The Hall–Kier alpha value is -3.17. The Labute approximate surface area is 203 Å². The number of hydrogen-bond acceptors (Lipinski definition) is 7. The number of para-hydroxylation sites is 1. The van der Waals surface area contributed by atoms with Crippen molar-refractivity contribution in [1.29, 1.82) is 0 Å². The fourth-order valence-electron chi connectivity index (χ4n) is 3.40. The van der Waals surface area contributed by atoms with Crippen LogP contribution < -0.4 is 10.2 Å². The fourth-order valence-corrected chi connectivity index (χ4v) is 4.24. The van der Waals surface area contributed by atoms with E-state index in [1.54, 1.807) is 24.3 Å². The predicted molar refractivity (Wildman–Crippen MR) is 134 cm³/mol. The third kappa shape index (κ3) is 5.66. The minimum atomic E-state index is -0.486. The summed E-state index contributed by atoms with van der Waals surface area (Å²) in [5.41, 5.74) is 1.71. The molecule has 1 aliphatic heterocycles. The highest BCUT2D eigenvalue weighted by atomic mass is 32.2. The van der Waals surface area contributed by atoms with Gasteiger partial charge in [0.15, 0.2) is 10.9 Å². The molecule has 1 N–H and O–H groups in total. The Morgan fingerprint density at radius 3 is 2.32 bits per heavy atom. The molecule has 0 bridgehead atoms. The fraction of sp³-hybridized carbons (Fsp3) is 0.360. The van der Waals surface area contributed by atoms with Crippen LogP contribution in [-0.4, -0.2) is 58.5 Å². The van der Waals surface area contributed by atoms with E-state index in [1.165, 1.54) is 11.8 Å². The molecule has 34 heavy (non-hydrogen) atoms. The monoisotopic (exact) mass is 479 g/mol. The van der Waals surface area contributed by atoms with Crippen LogP contribution in [0.15, 0.2) is 59.8 Å². The number of morpholine rings is 1. The van der Waals surface area contributed by atoms with Crippen molar-refractivity contribution >= 4 is 35.1 Å². The van der Waals surface area contributed by atoms with E-state index in [0.717, 1.165) is 24.7 Å². The normalized spacial score (nSPS) is 14.1. The first-order valence-corrected chi connectivity index (χ1v) is 12.2. The summed E-state index contributed by atoms with van der Waals surface area (Å²) < 4.78 is 7.47. The molecule has 0 aliphatic carbocycles. The Balaban J connectivity index is 1.47. The van der Waals surface area contributed by atoms with Crippen LogP contribution in [0.3, 0.4) is 0 Å². The summed E-state index contributed by atoms with van der Waals surface area (Å²) in [4.78, 5) is 27.2. The minimum Gasteiger partial charge on any atom is -0.378 e. The van der Waals surface area contributed by atoms with Crippen molar-refractivity contribution in [3.63, 3.8) is 0 Å². The zero-order chi connectivity index (χ0) is 24.1. The standard InChI is InChI=1S/C25H29N5O3S/c1-25(2,3)22(32)26-19-11-9-18(10-12-19)21(31)17-34-24-28-27-23(29-13-15-33-16-14-29)30(24)20-7-5-4-6-8-20/h4-12H,13-17H2,1-3H3,(H,26,32). The van der Waals surface area contributed by atoms with E-state index in [4.69, 9.17) is 4.74 Å². The van der Waals surface area contributed by atoms with Crippen molar-refractivity contribution < 1.29 is 14.3 Å². The van der Waals surface area contributed by atoms with Crippen molar-refractivity contribution in [2.24, 2.45) is 5.41 Å². The Kier molecular flexibility index (Phi) is 7.33. The summed E-state index contributed by atoms with van der Waals surface area (Å²) in [6.45, 7) is 8.35. The number of carbonyl (C=O) groups excluding carboxylic acids is 2. The van der Waals surface area contributed by atoms with Crippen LogP contribution in [0.1, 0.15) is 31.1 Å². The maximum absolute atomic E-state index is 12.9. The predicted octanol–water partition coefficient (Wildman–Crippen LogP) is 4.06. The number of rotatable bonds is 7. The Bertz CT molecular complexity index is 1130. The molecule has 1 amide bonds. The highest BCUT2D eigenvalue weighted by molar-refractivity contribution is 7.99. The molecule has 0 radical (unpaired) electrons. The zero-order valence-corrected chi connectivity index (χ0v) is 20.5. The molecule has 0 saturated carbocycles. The molecular weight excluding hydrogens is 450 g/mol. The summed E-state index contributed by atoms with van der Waals surface area (Å²) >= 11 is 1.36. The maximum Gasteiger partial charge on any atom is 0.232 e. The Morgan fingerprint density at radius 2 is 1.68 bits per heavy atom. The second kappa shape index (κ2) is 10.4. The van der Waals surface area contributed by atoms with E-state index in [-0.39, 0.29) is 17.4 Å². The topological polar surface area (TPSA) is 89.3 Å². The number of anilines is 2. The van der Waals surface area contributed by atoms with Gasteiger partial charge in [0.2, 0.25) is 11.9 Å².